The van der Waals surface area contributed by atoms with Crippen LogP contribution in [0.3, 0.4) is 0 Å². The lowest BCUT2D eigenvalue weighted by atomic mass is 10.1. The van der Waals surface area contributed by atoms with Crippen LogP contribution in [0.5, 0.6) is 0 Å². The average molecular weight is 261 g/mol. The molecule has 1 saturated heterocycles. The van der Waals surface area contributed by atoms with Crippen molar-refractivity contribution < 1.29 is 9.59 Å². The number of carbonyl (C=O) groups is 2. The molecule has 1 aromatic rings. The fourth-order valence-electron chi connectivity index (χ4n) is 2.31. The second-order valence-corrected chi connectivity index (χ2v) is 4.69. The fourth-order valence-corrected chi connectivity index (χ4v) is 2.31. The monoisotopic (exact) mass is 261 g/mol. The van der Waals surface area contributed by atoms with Crippen molar-refractivity contribution in [3.63, 3.8) is 0 Å². The van der Waals surface area contributed by atoms with Crippen LogP contribution in [0.1, 0.15) is 27.6 Å². The van der Waals surface area contributed by atoms with Crippen molar-refractivity contribution in [2.45, 2.75) is 6.92 Å². The van der Waals surface area contributed by atoms with Crippen LogP contribution in [-0.2, 0) is 0 Å². The maximum atomic E-state index is 12.4. The highest BCUT2D eigenvalue weighted by Crippen LogP contribution is 2.15. The molecule has 0 aliphatic carbocycles. The van der Waals surface area contributed by atoms with Crippen LogP contribution in [0.15, 0.2) is 18.2 Å². The molecule has 0 saturated carbocycles. The lowest BCUT2D eigenvalue weighted by Crippen LogP contribution is -2.48. The number of nitrogens with zero attached hydrogens (tertiary/aromatic N) is 2. The molecule has 1 heterocycles. The fraction of sp³-hybridized carbons (Fsp3) is 0.429. The first-order valence-electron chi connectivity index (χ1n) is 6.52. The highest BCUT2D eigenvalue weighted by Gasteiger charge is 2.22. The largest absolute Gasteiger partial charge is 0.399 e. The van der Waals surface area contributed by atoms with Crippen molar-refractivity contribution in [3.8, 4) is 0 Å². The van der Waals surface area contributed by atoms with Gasteiger partial charge in [-0.05, 0) is 24.7 Å². The maximum Gasteiger partial charge on any atom is 0.254 e. The molecule has 0 spiro atoms. The van der Waals surface area contributed by atoms with Crippen LogP contribution in [-0.4, -0.2) is 54.7 Å². The first-order chi connectivity index (χ1) is 9.15. The number of rotatable bonds is 3. The summed E-state index contributed by atoms with van der Waals surface area (Å²) in [6.07, 6.45) is 0.686. The minimum absolute atomic E-state index is 0.0853. The predicted octanol–water partition coefficient (Wildman–Crippen LogP) is 0.859. The summed E-state index contributed by atoms with van der Waals surface area (Å²) in [7, 11) is 0. The third kappa shape index (κ3) is 2.93. The van der Waals surface area contributed by atoms with Crippen LogP contribution < -0.4 is 5.73 Å². The molecule has 102 valence electrons. The van der Waals surface area contributed by atoms with Gasteiger partial charge in [-0.3, -0.25) is 9.59 Å². The number of benzene rings is 1. The molecular weight excluding hydrogens is 242 g/mol. The molecule has 5 nitrogen and oxygen atoms in total. The molecular formula is C14H19N3O2. The zero-order valence-corrected chi connectivity index (χ0v) is 11.1. The lowest BCUT2D eigenvalue weighted by molar-refractivity contribution is 0.0641. The van der Waals surface area contributed by atoms with E-state index in [2.05, 4.69) is 11.8 Å². The third-order valence-corrected chi connectivity index (χ3v) is 3.54. The molecule has 5 heteroatoms. The lowest BCUT2D eigenvalue weighted by Gasteiger charge is -2.34. The zero-order chi connectivity index (χ0) is 13.8. The molecule has 0 radical (unpaired) electrons. The van der Waals surface area contributed by atoms with E-state index in [-0.39, 0.29) is 5.91 Å². The van der Waals surface area contributed by atoms with E-state index in [1.54, 1.807) is 23.1 Å². The topological polar surface area (TPSA) is 66.6 Å². The third-order valence-electron chi connectivity index (χ3n) is 3.54. The van der Waals surface area contributed by atoms with Crippen molar-refractivity contribution in [1.82, 2.24) is 9.80 Å². The number of nitrogens with two attached hydrogens (primary N) is 1. The van der Waals surface area contributed by atoms with E-state index in [0.717, 1.165) is 19.6 Å². The second kappa shape index (κ2) is 5.84. The van der Waals surface area contributed by atoms with E-state index in [4.69, 9.17) is 5.73 Å². The predicted molar refractivity (Wildman–Crippen MR) is 74.3 cm³/mol. The van der Waals surface area contributed by atoms with Gasteiger partial charge in [0, 0.05) is 37.4 Å². The van der Waals surface area contributed by atoms with E-state index in [9.17, 15) is 9.59 Å². The molecule has 1 aliphatic heterocycles. The number of hydrogen-bond acceptors (Lipinski definition) is 4. The van der Waals surface area contributed by atoms with Gasteiger partial charge in [0.05, 0.1) is 5.56 Å². The van der Waals surface area contributed by atoms with Gasteiger partial charge in [-0.2, -0.15) is 0 Å². The molecule has 0 atom stereocenters. The number of likely N-dealkylation sites (N-methyl/N-ethyl adjacent to an activating group) is 1. The summed E-state index contributed by atoms with van der Waals surface area (Å²) in [6, 6.07) is 4.83. The van der Waals surface area contributed by atoms with Crippen molar-refractivity contribution in [2.75, 3.05) is 38.5 Å². The molecule has 19 heavy (non-hydrogen) atoms. The zero-order valence-electron chi connectivity index (χ0n) is 11.1. The summed E-state index contributed by atoms with van der Waals surface area (Å²) in [4.78, 5) is 27.5. The van der Waals surface area contributed by atoms with Gasteiger partial charge in [0.25, 0.3) is 5.91 Å². The number of carbonyl (C=O) groups excluding carboxylic acids is 2. The van der Waals surface area contributed by atoms with E-state index < -0.39 is 0 Å². The Kier molecular flexibility index (Phi) is 4.16. The maximum absolute atomic E-state index is 12.4. The minimum atomic E-state index is -0.0853. The Labute approximate surface area is 113 Å². The minimum Gasteiger partial charge on any atom is -0.399 e. The van der Waals surface area contributed by atoms with Crippen LogP contribution in [0.2, 0.25) is 0 Å². The smallest absolute Gasteiger partial charge is 0.254 e. The van der Waals surface area contributed by atoms with Crippen LogP contribution in [0, 0.1) is 0 Å². The molecule has 1 aliphatic rings. The Morgan fingerprint density at radius 1 is 1.32 bits per heavy atom. The molecule has 2 rings (SSSR count). The number of nitrogen functional groups attached to an aromatic ring is 1. The van der Waals surface area contributed by atoms with E-state index in [1.807, 2.05) is 0 Å². The Morgan fingerprint density at radius 2 is 2.00 bits per heavy atom. The summed E-state index contributed by atoms with van der Waals surface area (Å²) in [5.74, 6) is -0.0853. The van der Waals surface area contributed by atoms with Crippen molar-refractivity contribution >= 4 is 17.9 Å². The Balaban J connectivity index is 2.14. The Bertz CT molecular complexity index is 480. The van der Waals surface area contributed by atoms with Gasteiger partial charge in [0.15, 0.2) is 6.29 Å². The second-order valence-electron chi connectivity index (χ2n) is 4.69. The molecule has 1 aromatic carbocycles. The number of aldehydes is 1. The SMILES string of the molecule is CCN1CCN(C(=O)c2ccc(N)cc2C=O)CC1. The van der Waals surface area contributed by atoms with Gasteiger partial charge < -0.3 is 15.5 Å². The molecule has 1 amide bonds. The van der Waals surface area contributed by atoms with Gasteiger partial charge in [-0.1, -0.05) is 6.92 Å². The summed E-state index contributed by atoms with van der Waals surface area (Å²) in [6.45, 7) is 6.29. The molecule has 2 N–H and O–H groups in total. The molecule has 1 fully saturated rings. The first-order valence-corrected chi connectivity index (χ1v) is 6.52. The molecule has 0 aromatic heterocycles. The molecule has 0 bridgehead atoms. The van der Waals surface area contributed by atoms with Gasteiger partial charge >= 0.3 is 0 Å². The average Bonchev–Trinajstić information content (AvgIpc) is 2.46. The summed E-state index contributed by atoms with van der Waals surface area (Å²) in [5.41, 5.74) is 6.93. The number of hydrogen-bond donors (Lipinski definition) is 1. The van der Waals surface area contributed by atoms with Crippen LogP contribution >= 0.6 is 0 Å². The summed E-state index contributed by atoms with van der Waals surface area (Å²) in [5, 5.41) is 0. The van der Waals surface area contributed by atoms with Gasteiger partial charge in [0.2, 0.25) is 0 Å². The quantitative estimate of drug-likeness (QED) is 0.647. The summed E-state index contributed by atoms with van der Waals surface area (Å²) < 4.78 is 0. The normalized spacial score (nSPS) is 16.4. The number of anilines is 1. The highest BCUT2D eigenvalue weighted by atomic mass is 16.2. The van der Waals surface area contributed by atoms with Gasteiger partial charge in [-0.15, -0.1) is 0 Å². The van der Waals surface area contributed by atoms with E-state index in [0.29, 0.717) is 36.2 Å². The standard InChI is InChI=1S/C14H19N3O2/c1-2-16-5-7-17(8-6-16)14(19)13-4-3-12(15)9-11(13)10-18/h3-4,9-10H,2,5-8,15H2,1H3. The van der Waals surface area contributed by atoms with Crippen molar-refractivity contribution in [2.24, 2.45) is 0 Å². The van der Waals surface area contributed by atoms with E-state index in [1.165, 1.54) is 0 Å². The van der Waals surface area contributed by atoms with Gasteiger partial charge in [0.1, 0.15) is 0 Å². The van der Waals surface area contributed by atoms with Crippen molar-refractivity contribution in [3.05, 3.63) is 29.3 Å². The Morgan fingerprint density at radius 3 is 2.58 bits per heavy atom. The number of piperazine rings is 1. The van der Waals surface area contributed by atoms with Gasteiger partial charge in [-0.25, -0.2) is 0 Å². The van der Waals surface area contributed by atoms with E-state index >= 15 is 0 Å². The number of amides is 1. The van der Waals surface area contributed by atoms with Crippen LogP contribution in [0.25, 0.3) is 0 Å². The first kappa shape index (κ1) is 13.5. The highest BCUT2D eigenvalue weighted by molar-refractivity contribution is 6.02. The summed E-state index contributed by atoms with van der Waals surface area (Å²) >= 11 is 0. The molecule has 0 unspecified atom stereocenters. The van der Waals surface area contributed by atoms with Crippen molar-refractivity contribution in [1.29, 1.82) is 0 Å². The van der Waals surface area contributed by atoms with Crippen LogP contribution in [0.4, 0.5) is 5.69 Å². The Hall–Kier alpha value is -1.88.